The van der Waals surface area contributed by atoms with Crippen LogP contribution >= 0.6 is 34.5 Å². The summed E-state index contributed by atoms with van der Waals surface area (Å²) in [4.78, 5) is 16.6. The third-order valence-electron chi connectivity index (χ3n) is 3.25. The molecule has 0 fully saturated rings. The van der Waals surface area contributed by atoms with Gasteiger partial charge in [0.1, 0.15) is 5.52 Å². The highest BCUT2D eigenvalue weighted by atomic mass is 35.5. The summed E-state index contributed by atoms with van der Waals surface area (Å²) in [7, 11) is 0. The van der Waals surface area contributed by atoms with Gasteiger partial charge in [-0.2, -0.15) is 0 Å². The number of hydrogen-bond donors (Lipinski definition) is 3. The molecule has 2 aromatic carbocycles. The molecule has 23 heavy (non-hydrogen) atoms. The van der Waals surface area contributed by atoms with Gasteiger partial charge in [0, 0.05) is 5.56 Å². The molecule has 0 spiro atoms. The standard InChI is InChI=1S/C15H12Cl2N4OS/c1-7-2-4-8(5-3-7)14(22)19-10-6-9(16)12-13(11(10)17)23-15(20-12)21-18/h2-6H,18H2,1H3,(H,19,22)(H,20,21). The number of thiazole rings is 1. The van der Waals surface area contributed by atoms with Crippen LogP contribution in [0.5, 0.6) is 0 Å². The van der Waals surface area contributed by atoms with Gasteiger partial charge in [0.25, 0.3) is 5.91 Å². The van der Waals surface area contributed by atoms with Gasteiger partial charge in [-0.15, -0.1) is 0 Å². The highest BCUT2D eigenvalue weighted by Crippen LogP contribution is 2.40. The average Bonchev–Trinajstić information content (AvgIpc) is 2.98. The summed E-state index contributed by atoms with van der Waals surface area (Å²) in [5.74, 6) is 5.10. The number of nitrogens with two attached hydrogens (primary N) is 1. The van der Waals surface area contributed by atoms with Crippen LogP contribution in [-0.4, -0.2) is 10.9 Å². The number of rotatable bonds is 3. The van der Waals surface area contributed by atoms with E-state index in [-0.39, 0.29) is 5.91 Å². The molecule has 4 N–H and O–H groups in total. The van der Waals surface area contributed by atoms with Crippen LogP contribution in [0.3, 0.4) is 0 Å². The second-order valence-electron chi connectivity index (χ2n) is 4.88. The van der Waals surface area contributed by atoms with E-state index in [0.717, 1.165) is 5.56 Å². The lowest BCUT2D eigenvalue weighted by atomic mass is 10.1. The molecule has 0 aliphatic carbocycles. The number of nitrogens with one attached hydrogen (secondary N) is 2. The monoisotopic (exact) mass is 366 g/mol. The number of nitrogen functional groups attached to an aromatic ring is 1. The smallest absolute Gasteiger partial charge is 0.255 e. The SMILES string of the molecule is Cc1ccc(C(=O)Nc2cc(Cl)c3nc(NN)sc3c2Cl)cc1. The maximum Gasteiger partial charge on any atom is 0.255 e. The van der Waals surface area contributed by atoms with Gasteiger partial charge in [0.2, 0.25) is 0 Å². The number of aromatic nitrogens is 1. The maximum atomic E-state index is 12.3. The summed E-state index contributed by atoms with van der Waals surface area (Å²) < 4.78 is 0.659. The van der Waals surface area contributed by atoms with Gasteiger partial charge in [-0.05, 0) is 25.1 Å². The Balaban J connectivity index is 1.98. The molecule has 0 atom stereocenters. The van der Waals surface area contributed by atoms with E-state index in [1.807, 2.05) is 19.1 Å². The second-order valence-corrected chi connectivity index (χ2v) is 6.67. The Hall–Kier alpha value is -1.86. The van der Waals surface area contributed by atoms with Gasteiger partial charge < -0.3 is 5.32 Å². The molecule has 0 bridgehead atoms. The number of aryl methyl sites for hydroxylation is 1. The van der Waals surface area contributed by atoms with Crippen molar-refractivity contribution in [3.05, 3.63) is 51.5 Å². The van der Waals surface area contributed by atoms with Crippen LogP contribution in [0.2, 0.25) is 10.0 Å². The Labute approximate surface area is 146 Å². The molecule has 0 saturated heterocycles. The highest BCUT2D eigenvalue weighted by molar-refractivity contribution is 7.23. The fourth-order valence-corrected chi connectivity index (χ4v) is 3.51. The maximum absolute atomic E-state index is 12.3. The third-order valence-corrected chi connectivity index (χ3v) is 5.04. The number of halogens is 2. The lowest BCUT2D eigenvalue weighted by Crippen LogP contribution is -2.12. The Morgan fingerprint density at radius 3 is 2.61 bits per heavy atom. The Morgan fingerprint density at radius 2 is 1.96 bits per heavy atom. The lowest BCUT2D eigenvalue weighted by Gasteiger charge is -2.09. The van der Waals surface area contributed by atoms with E-state index in [4.69, 9.17) is 29.0 Å². The second kappa shape index (κ2) is 6.33. The lowest BCUT2D eigenvalue weighted by molar-refractivity contribution is 0.102. The van der Waals surface area contributed by atoms with E-state index in [9.17, 15) is 4.79 Å². The largest absolute Gasteiger partial charge is 0.321 e. The minimum absolute atomic E-state index is 0.260. The summed E-state index contributed by atoms with van der Waals surface area (Å²) >= 11 is 13.9. The molecule has 8 heteroatoms. The molecule has 1 amide bonds. The van der Waals surface area contributed by atoms with Gasteiger partial charge in [-0.1, -0.05) is 52.2 Å². The molecule has 0 aliphatic heterocycles. The first-order valence-electron chi connectivity index (χ1n) is 6.62. The van der Waals surface area contributed by atoms with Crippen molar-refractivity contribution in [2.45, 2.75) is 6.92 Å². The van der Waals surface area contributed by atoms with Crippen molar-refractivity contribution in [3.8, 4) is 0 Å². The average molecular weight is 367 g/mol. The fourth-order valence-electron chi connectivity index (χ4n) is 2.06. The molecule has 0 unspecified atom stereocenters. The van der Waals surface area contributed by atoms with Gasteiger partial charge in [-0.3, -0.25) is 10.2 Å². The third kappa shape index (κ3) is 3.11. The minimum atomic E-state index is -0.260. The van der Waals surface area contributed by atoms with Crippen molar-refractivity contribution in [1.82, 2.24) is 4.98 Å². The predicted molar refractivity (Wildman–Crippen MR) is 96.6 cm³/mol. The molecular weight excluding hydrogens is 355 g/mol. The van der Waals surface area contributed by atoms with Crippen LogP contribution in [-0.2, 0) is 0 Å². The first kappa shape index (κ1) is 16.0. The van der Waals surface area contributed by atoms with Crippen LogP contribution in [0.15, 0.2) is 30.3 Å². The number of fused-ring (bicyclic) bond motifs is 1. The number of nitrogens with zero attached hydrogens (tertiary/aromatic N) is 1. The number of carbonyl (C=O) groups excluding carboxylic acids is 1. The van der Waals surface area contributed by atoms with Crippen molar-refractivity contribution in [2.75, 3.05) is 10.7 Å². The predicted octanol–water partition coefficient (Wildman–Crippen LogP) is 4.45. The van der Waals surface area contributed by atoms with Crippen molar-refractivity contribution >= 4 is 61.5 Å². The number of carbonyl (C=O) groups is 1. The van der Waals surface area contributed by atoms with Crippen molar-refractivity contribution < 1.29 is 4.79 Å². The molecule has 0 radical (unpaired) electrons. The van der Waals surface area contributed by atoms with Crippen LogP contribution in [0.1, 0.15) is 15.9 Å². The Bertz CT molecular complexity index is 893. The van der Waals surface area contributed by atoms with Crippen LogP contribution < -0.4 is 16.6 Å². The van der Waals surface area contributed by atoms with E-state index in [1.165, 1.54) is 11.3 Å². The fraction of sp³-hybridized carbons (Fsp3) is 0.0667. The summed E-state index contributed by atoms with van der Waals surface area (Å²) in [6, 6.07) is 8.83. The molecule has 118 valence electrons. The van der Waals surface area contributed by atoms with E-state index >= 15 is 0 Å². The molecule has 5 nitrogen and oxygen atoms in total. The van der Waals surface area contributed by atoms with Crippen LogP contribution in [0, 0.1) is 6.92 Å². The van der Waals surface area contributed by atoms with E-state index in [1.54, 1.807) is 18.2 Å². The minimum Gasteiger partial charge on any atom is -0.321 e. The Kier molecular flexibility index (Phi) is 4.41. The molecule has 1 heterocycles. The van der Waals surface area contributed by atoms with Gasteiger partial charge in [0.15, 0.2) is 5.13 Å². The molecule has 1 aromatic heterocycles. The van der Waals surface area contributed by atoms with Crippen LogP contribution in [0.25, 0.3) is 10.2 Å². The summed E-state index contributed by atoms with van der Waals surface area (Å²) in [5, 5.41) is 4.04. The van der Waals surface area contributed by atoms with Crippen molar-refractivity contribution in [3.63, 3.8) is 0 Å². The molecule has 3 rings (SSSR count). The number of hydrazine groups is 1. The zero-order valence-corrected chi connectivity index (χ0v) is 14.3. The normalized spacial score (nSPS) is 10.8. The summed E-state index contributed by atoms with van der Waals surface area (Å²) in [6.45, 7) is 1.96. The first-order valence-corrected chi connectivity index (χ1v) is 8.20. The quantitative estimate of drug-likeness (QED) is 0.472. The Morgan fingerprint density at radius 1 is 1.26 bits per heavy atom. The molecule has 0 aliphatic rings. The molecule has 0 saturated carbocycles. The van der Waals surface area contributed by atoms with Gasteiger partial charge in [0.05, 0.1) is 20.4 Å². The summed E-state index contributed by atoms with van der Waals surface area (Å²) in [5.41, 5.74) is 5.06. The number of hydrogen-bond acceptors (Lipinski definition) is 5. The number of anilines is 2. The molecular formula is C15H12Cl2N4OS. The topological polar surface area (TPSA) is 80.0 Å². The van der Waals surface area contributed by atoms with Crippen LogP contribution in [0.4, 0.5) is 10.8 Å². The van der Waals surface area contributed by atoms with Gasteiger partial charge >= 0.3 is 0 Å². The van der Waals surface area contributed by atoms with E-state index in [2.05, 4.69) is 15.7 Å². The molecule has 3 aromatic rings. The zero-order valence-electron chi connectivity index (χ0n) is 12.0. The van der Waals surface area contributed by atoms with E-state index < -0.39 is 0 Å². The first-order chi connectivity index (χ1) is 11.0. The van der Waals surface area contributed by atoms with Gasteiger partial charge in [-0.25, -0.2) is 10.8 Å². The highest BCUT2D eigenvalue weighted by Gasteiger charge is 2.16. The van der Waals surface area contributed by atoms with Crippen molar-refractivity contribution in [1.29, 1.82) is 0 Å². The zero-order chi connectivity index (χ0) is 16.6. The van der Waals surface area contributed by atoms with E-state index in [0.29, 0.717) is 36.6 Å². The number of amides is 1. The van der Waals surface area contributed by atoms with Crippen molar-refractivity contribution in [2.24, 2.45) is 5.84 Å². The summed E-state index contributed by atoms with van der Waals surface area (Å²) in [6.07, 6.45) is 0. The number of benzene rings is 2.